The third-order valence-electron chi connectivity index (χ3n) is 2.62. The van der Waals surface area contributed by atoms with Crippen molar-refractivity contribution < 1.29 is 0 Å². The summed E-state index contributed by atoms with van der Waals surface area (Å²) in [5.74, 6) is 2.31. The molecule has 0 heterocycles. The first kappa shape index (κ1) is 13.1. The van der Waals surface area contributed by atoms with Crippen LogP contribution in [0.15, 0.2) is 18.2 Å². The van der Waals surface area contributed by atoms with Crippen LogP contribution in [0, 0.1) is 18.3 Å². The summed E-state index contributed by atoms with van der Waals surface area (Å²) < 4.78 is 0. The molecule has 0 aliphatic rings. The molecule has 0 bridgehead atoms. The van der Waals surface area contributed by atoms with Crippen molar-refractivity contribution >= 4 is 11.8 Å². The molecule has 0 saturated heterocycles. The monoisotopic (exact) mass is 233 g/mol. The van der Waals surface area contributed by atoms with Crippen LogP contribution in [0.2, 0.25) is 0 Å². The summed E-state index contributed by atoms with van der Waals surface area (Å²) in [6.45, 7) is 4.32. The van der Waals surface area contributed by atoms with Crippen LogP contribution in [0.1, 0.15) is 42.9 Å². The molecule has 0 fully saturated rings. The standard InChI is InChI=1S/C14H19NS/c1-3-4-5-8-16-11-14-7-6-13(10-15)9-12(14)2/h6-7,9H,3-5,8,11H2,1-2H3. The summed E-state index contributed by atoms with van der Waals surface area (Å²) in [5.41, 5.74) is 3.36. The summed E-state index contributed by atoms with van der Waals surface area (Å²) in [7, 11) is 0. The Morgan fingerprint density at radius 1 is 1.31 bits per heavy atom. The van der Waals surface area contributed by atoms with Crippen molar-refractivity contribution in [1.29, 1.82) is 5.26 Å². The van der Waals surface area contributed by atoms with Crippen LogP contribution in [-0.2, 0) is 5.75 Å². The maximum Gasteiger partial charge on any atom is 0.0991 e. The molecular weight excluding hydrogens is 214 g/mol. The molecule has 0 saturated carbocycles. The normalized spacial score (nSPS) is 10.1. The zero-order chi connectivity index (χ0) is 11.8. The van der Waals surface area contributed by atoms with E-state index in [4.69, 9.17) is 5.26 Å². The van der Waals surface area contributed by atoms with Crippen LogP contribution in [0.4, 0.5) is 0 Å². The Morgan fingerprint density at radius 2 is 2.12 bits per heavy atom. The number of nitrogens with zero attached hydrogens (tertiary/aromatic N) is 1. The number of hydrogen-bond acceptors (Lipinski definition) is 2. The van der Waals surface area contributed by atoms with E-state index >= 15 is 0 Å². The fourth-order valence-corrected chi connectivity index (χ4v) is 2.66. The van der Waals surface area contributed by atoms with Gasteiger partial charge in [-0.15, -0.1) is 0 Å². The molecule has 0 aliphatic heterocycles. The molecule has 0 radical (unpaired) electrons. The van der Waals surface area contributed by atoms with Gasteiger partial charge in [0.15, 0.2) is 0 Å². The summed E-state index contributed by atoms with van der Waals surface area (Å²) in [6, 6.07) is 8.14. The summed E-state index contributed by atoms with van der Waals surface area (Å²) >= 11 is 1.99. The fraction of sp³-hybridized carbons (Fsp3) is 0.500. The van der Waals surface area contributed by atoms with Crippen LogP contribution < -0.4 is 0 Å². The highest BCUT2D eigenvalue weighted by Crippen LogP contribution is 2.18. The minimum Gasteiger partial charge on any atom is -0.192 e. The van der Waals surface area contributed by atoms with Gasteiger partial charge in [0.2, 0.25) is 0 Å². The Bertz CT molecular complexity index is 365. The van der Waals surface area contributed by atoms with E-state index in [1.165, 1.54) is 36.1 Å². The fourth-order valence-electron chi connectivity index (χ4n) is 1.56. The number of thioether (sulfide) groups is 1. The molecule has 0 spiro atoms. The molecule has 1 aromatic carbocycles. The zero-order valence-corrected chi connectivity index (χ0v) is 10.9. The number of rotatable bonds is 6. The Kier molecular flexibility index (Phi) is 6.03. The van der Waals surface area contributed by atoms with Gasteiger partial charge < -0.3 is 0 Å². The minimum atomic E-state index is 0.761. The molecule has 16 heavy (non-hydrogen) atoms. The largest absolute Gasteiger partial charge is 0.192 e. The molecule has 0 N–H and O–H groups in total. The number of unbranched alkanes of at least 4 members (excludes halogenated alkanes) is 2. The van der Waals surface area contributed by atoms with Crippen molar-refractivity contribution in [1.82, 2.24) is 0 Å². The van der Waals surface area contributed by atoms with Crippen molar-refractivity contribution in [3.05, 3.63) is 34.9 Å². The number of hydrogen-bond donors (Lipinski definition) is 0. The van der Waals surface area contributed by atoms with Crippen LogP contribution in [0.5, 0.6) is 0 Å². The highest BCUT2D eigenvalue weighted by atomic mass is 32.2. The van der Waals surface area contributed by atoms with E-state index < -0.39 is 0 Å². The highest BCUT2D eigenvalue weighted by Gasteiger charge is 2.00. The van der Waals surface area contributed by atoms with E-state index in [0.29, 0.717) is 0 Å². The van der Waals surface area contributed by atoms with Crippen LogP contribution in [-0.4, -0.2) is 5.75 Å². The maximum atomic E-state index is 8.77. The molecule has 1 aromatic rings. The highest BCUT2D eigenvalue weighted by molar-refractivity contribution is 7.98. The molecule has 0 aromatic heterocycles. The summed E-state index contributed by atoms with van der Waals surface area (Å²) in [5, 5.41) is 8.77. The lowest BCUT2D eigenvalue weighted by Crippen LogP contribution is -1.89. The van der Waals surface area contributed by atoms with Gasteiger partial charge in [0.1, 0.15) is 0 Å². The molecule has 0 unspecified atom stereocenters. The Hall–Kier alpha value is -0.940. The van der Waals surface area contributed by atoms with Gasteiger partial charge >= 0.3 is 0 Å². The Labute approximate surface area is 103 Å². The molecule has 0 aliphatic carbocycles. The number of nitriles is 1. The third kappa shape index (κ3) is 4.28. The van der Waals surface area contributed by atoms with Gasteiger partial charge in [-0.3, -0.25) is 0 Å². The van der Waals surface area contributed by atoms with E-state index in [0.717, 1.165) is 11.3 Å². The predicted molar refractivity (Wildman–Crippen MR) is 71.6 cm³/mol. The Balaban J connectivity index is 2.40. The van der Waals surface area contributed by atoms with Crippen molar-refractivity contribution in [2.24, 2.45) is 0 Å². The van der Waals surface area contributed by atoms with Crippen LogP contribution in [0.25, 0.3) is 0 Å². The SMILES string of the molecule is CCCCCSCc1ccc(C#N)cc1C. The molecule has 2 heteroatoms. The molecule has 0 atom stereocenters. The Morgan fingerprint density at radius 3 is 2.75 bits per heavy atom. The molecule has 86 valence electrons. The van der Waals surface area contributed by atoms with Crippen molar-refractivity contribution in [2.45, 2.75) is 38.9 Å². The second-order valence-corrected chi connectivity index (χ2v) is 5.12. The first-order valence-corrected chi connectivity index (χ1v) is 7.00. The smallest absolute Gasteiger partial charge is 0.0991 e. The molecular formula is C14H19NS. The van der Waals surface area contributed by atoms with Gasteiger partial charge in [0.05, 0.1) is 11.6 Å². The van der Waals surface area contributed by atoms with Crippen LogP contribution >= 0.6 is 11.8 Å². The second kappa shape index (κ2) is 7.35. The summed E-state index contributed by atoms with van der Waals surface area (Å²) in [6.07, 6.45) is 3.94. The zero-order valence-electron chi connectivity index (χ0n) is 10.1. The third-order valence-corrected chi connectivity index (χ3v) is 3.71. The number of aryl methyl sites for hydroxylation is 1. The lowest BCUT2D eigenvalue weighted by molar-refractivity contribution is 0.778. The lowest BCUT2D eigenvalue weighted by Gasteiger charge is -2.05. The minimum absolute atomic E-state index is 0.761. The van der Waals surface area contributed by atoms with Gasteiger partial charge in [-0.25, -0.2) is 0 Å². The van der Waals surface area contributed by atoms with Gasteiger partial charge in [0.25, 0.3) is 0 Å². The quantitative estimate of drug-likeness (QED) is 0.684. The van der Waals surface area contributed by atoms with E-state index in [9.17, 15) is 0 Å². The molecule has 1 rings (SSSR count). The average molecular weight is 233 g/mol. The van der Waals surface area contributed by atoms with Crippen molar-refractivity contribution in [3.8, 4) is 6.07 Å². The van der Waals surface area contributed by atoms with Gasteiger partial charge in [-0.05, 0) is 42.4 Å². The first-order valence-electron chi connectivity index (χ1n) is 5.85. The van der Waals surface area contributed by atoms with Crippen molar-refractivity contribution in [3.63, 3.8) is 0 Å². The second-order valence-electron chi connectivity index (χ2n) is 4.01. The van der Waals surface area contributed by atoms with Gasteiger partial charge in [0, 0.05) is 5.75 Å². The summed E-state index contributed by atoms with van der Waals surface area (Å²) in [4.78, 5) is 0. The van der Waals surface area contributed by atoms with Crippen molar-refractivity contribution in [2.75, 3.05) is 5.75 Å². The first-order chi connectivity index (χ1) is 7.77. The van der Waals surface area contributed by atoms with Gasteiger partial charge in [-0.1, -0.05) is 25.8 Å². The topological polar surface area (TPSA) is 23.8 Å². The lowest BCUT2D eigenvalue weighted by atomic mass is 10.1. The molecule has 1 nitrogen and oxygen atoms in total. The molecule has 0 amide bonds. The van der Waals surface area contributed by atoms with Crippen LogP contribution in [0.3, 0.4) is 0 Å². The maximum absolute atomic E-state index is 8.77. The van der Waals surface area contributed by atoms with E-state index in [1.807, 2.05) is 23.9 Å². The van der Waals surface area contributed by atoms with E-state index in [-0.39, 0.29) is 0 Å². The number of benzene rings is 1. The van der Waals surface area contributed by atoms with E-state index in [1.54, 1.807) is 0 Å². The van der Waals surface area contributed by atoms with Gasteiger partial charge in [-0.2, -0.15) is 17.0 Å². The van der Waals surface area contributed by atoms with E-state index in [2.05, 4.69) is 26.0 Å². The predicted octanol–water partition coefficient (Wildman–Crippen LogP) is 4.29. The average Bonchev–Trinajstić information content (AvgIpc) is 2.30.